The van der Waals surface area contributed by atoms with Crippen LogP contribution in [0.3, 0.4) is 0 Å². The molecule has 7 nitrogen and oxygen atoms in total. The fourth-order valence-corrected chi connectivity index (χ4v) is 3.55. The highest BCUT2D eigenvalue weighted by molar-refractivity contribution is 5.89. The number of aryl methyl sites for hydroxylation is 1. The largest absolute Gasteiger partial charge is 0.355 e. The van der Waals surface area contributed by atoms with E-state index < -0.39 is 0 Å². The van der Waals surface area contributed by atoms with Gasteiger partial charge in [-0.25, -0.2) is 9.37 Å². The molecular weight excluding hydrogens is 409 g/mol. The lowest BCUT2D eigenvalue weighted by Gasteiger charge is -2.10. The van der Waals surface area contributed by atoms with Crippen molar-refractivity contribution in [3.63, 3.8) is 0 Å². The number of hydrogen-bond donors (Lipinski definition) is 3. The van der Waals surface area contributed by atoms with E-state index in [-0.39, 0.29) is 17.6 Å². The Morgan fingerprint density at radius 3 is 2.69 bits per heavy atom. The van der Waals surface area contributed by atoms with E-state index in [2.05, 4.69) is 20.6 Å². The van der Waals surface area contributed by atoms with Gasteiger partial charge in [0.1, 0.15) is 12.0 Å². The van der Waals surface area contributed by atoms with Gasteiger partial charge < -0.3 is 10.6 Å². The third-order valence-electron chi connectivity index (χ3n) is 5.13. The molecule has 32 heavy (non-hydrogen) atoms. The average molecular weight is 432 g/mol. The van der Waals surface area contributed by atoms with Gasteiger partial charge in [0.05, 0.1) is 11.9 Å². The first-order valence-corrected chi connectivity index (χ1v) is 10.2. The molecule has 0 aliphatic carbocycles. The minimum Gasteiger partial charge on any atom is -0.355 e. The molecule has 0 aliphatic heterocycles. The van der Waals surface area contributed by atoms with Gasteiger partial charge in [0.15, 0.2) is 5.52 Å². The van der Waals surface area contributed by atoms with E-state index in [1.807, 2.05) is 30.5 Å². The number of benzene rings is 1. The number of carbonyl (C=O) groups is 2. The number of pyridine rings is 2. The summed E-state index contributed by atoms with van der Waals surface area (Å²) in [6.07, 6.45) is 5.28. The van der Waals surface area contributed by atoms with Crippen molar-refractivity contribution in [1.82, 2.24) is 20.6 Å². The molecule has 0 atom stereocenters. The number of nitrogens with one attached hydrogen (secondary N) is 3. The second-order valence-electron chi connectivity index (χ2n) is 7.45. The number of imidazole rings is 1. The van der Waals surface area contributed by atoms with Crippen LogP contribution in [0.25, 0.3) is 27.9 Å². The molecule has 0 bridgehead atoms. The van der Waals surface area contributed by atoms with Crippen molar-refractivity contribution in [2.75, 3.05) is 13.1 Å². The van der Waals surface area contributed by atoms with Gasteiger partial charge in [-0.1, -0.05) is 6.07 Å². The molecule has 1 aromatic carbocycles. The Kier molecular flexibility index (Phi) is 5.93. The normalized spacial score (nSPS) is 10.8. The van der Waals surface area contributed by atoms with Crippen LogP contribution in [0.2, 0.25) is 0 Å². The molecule has 4 aromatic rings. The predicted molar refractivity (Wildman–Crippen MR) is 118 cm³/mol. The van der Waals surface area contributed by atoms with Crippen LogP contribution >= 0.6 is 0 Å². The quantitative estimate of drug-likeness (QED) is 0.323. The number of H-pyrrole nitrogens is 1. The number of carbonyl (C=O) groups excluding carboxylic acids is 2. The molecule has 8 heteroatoms. The molecule has 0 saturated heterocycles. The summed E-state index contributed by atoms with van der Waals surface area (Å²) in [6.45, 7) is 3.85. The van der Waals surface area contributed by atoms with Crippen LogP contribution < -0.4 is 15.0 Å². The van der Waals surface area contributed by atoms with Crippen molar-refractivity contribution < 1.29 is 18.4 Å². The first kappa shape index (κ1) is 21.2. The van der Waals surface area contributed by atoms with Crippen molar-refractivity contribution in [2.45, 2.75) is 13.8 Å². The van der Waals surface area contributed by atoms with Crippen LogP contribution in [-0.2, 0) is 4.79 Å². The zero-order chi connectivity index (χ0) is 22.7. The zero-order valence-corrected chi connectivity index (χ0v) is 17.8. The lowest BCUT2D eigenvalue weighted by molar-refractivity contribution is -0.514. The molecule has 0 fully saturated rings. The number of hydrogen-bond acceptors (Lipinski definition) is 3. The van der Waals surface area contributed by atoms with Crippen molar-refractivity contribution in [3.05, 3.63) is 78.3 Å². The lowest BCUT2D eigenvalue weighted by atomic mass is 9.99. The van der Waals surface area contributed by atoms with Gasteiger partial charge in [0, 0.05) is 37.3 Å². The SMILES string of the molecule is CC(=O)NCCNC(=O)c1[nH]cc2cc(-c3cccnc3-c3ccc(F)c(C)c3)cc[n+]12. The highest BCUT2D eigenvalue weighted by atomic mass is 19.1. The van der Waals surface area contributed by atoms with E-state index in [1.165, 1.54) is 13.0 Å². The van der Waals surface area contributed by atoms with Gasteiger partial charge >= 0.3 is 11.7 Å². The van der Waals surface area contributed by atoms with Crippen LogP contribution in [0.5, 0.6) is 0 Å². The van der Waals surface area contributed by atoms with Crippen molar-refractivity contribution >= 4 is 17.3 Å². The first-order valence-electron chi connectivity index (χ1n) is 10.2. The Morgan fingerprint density at radius 1 is 1.09 bits per heavy atom. The molecule has 0 spiro atoms. The summed E-state index contributed by atoms with van der Waals surface area (Å²) in [7, 11) is 0. The van der Waals surface area contributed by atoms with Crippen LogP contribution in [-0.4, -0.2) is 34.9 Å². The van der Waals surface area contributed by atoms with Crippen LogP contribution in [0.15, 0.2) is 61.1 Å². The van der Waals surface area contributed by atoms with Gasteiger partial charge in [-0.3, -0.25) is 14.6 Å². The number of rotatable bonds is 6. The standard InChI is InChI=1S/C24H22FN5O2/c1-15-12-18(5-6-21(15)25)22-20(4-3-8-27-22)17-7-11-30-19(13-17)14-29-23(30)24(32)28-10-9-26-16(2)31/h3-8,11-14H,9-10H2,1-2H3,(H2,26,28,31,32)/p+1. The van der Waals surface area contributed by atoms with Crippen LogP contribution in [0.1, 0.15) is 23.1 Å². The van der Waals surface area contributed by atoms with E-state index in [1.54, 1.807) is 35.9 Å². The predicted octanol–water partition coefficient (Wildman–Crippen LogP) is 2.80. The molecule has 0 aliphatic rings. The molecule has 0 unspecified atom stereocenters. The van der Waals surface area contributed by atoms with Gasteiger partial charge in [-0.2, -0.15) is 4.40 Å². The molecule has 0 saturated carbocycles. The highest BCUT2D eigenvalue weighted by Crippen LogP contribution is 2.31. The molecule has 3 N–H and O–H groups in total. The van der Waals surface area contributed by atoms with Gasteiger partial charge in [0.2, 0.25) is 5.91 Å². The number of amides is 2. The minimum atomic E-state index is -0.271. The number of halogens is 1. The van der Waals surface area contributed by atoms with E-state index >= 15 is 0 Å². The molecule has 162 valence electrons. The zero-order valence-electron chi connectivity index (χ0n) is 17.8. The van der Waals surface area contributed by atoms with Crippen LogP contribution in [0.4, 0.5) is 4.39 Å². The first-order chi connectivity index (χ1) is 15.4. The Labute approximate surface area is 184 Å². The van der Waals surface area contributed by atoms with Gasteiger partial charge in [0.25, 0.3) is 0 Å². The molecule has 3 aromatic heterocycles. The Hall–Kier alpha value is -4.07. The fourth-order valence-electron chi connectivity index (χ4n) is 3.55. The topological polar surface area (TPSA) is 91.0 Å². The van der Waals surface area contributed by atoms with Crippen molar-refractivity contribution in [1.29, 1.82) is 0 Å². The summed E-state index contributed by atoms with van der Waals surface area (Å²) >= 11 is 0. The molecular formula is C24H23FN5O2+. The number of aromatic nitrogens is 3. The minimum absolute atomic E-state index is 0.142. The monoisotopic (exact) mass is 432 g/mol. The van der Waals surface area contributed by atoms with E-state index in [4.69, 9.17) is 0 Å². The van der Waals surface area contributed by atoms with E-state index in [0.717, 1.165) is 27.9 Å². The van der Waals surface area contributed by atoms with E-state index in [0.29, 0.717) is 24.5 Å². The van der Waals surface area contributed by atoms with Crippen molar-refractivity contribution in [2.24, 2.45) is 0 Å². The van der Waals surface area contributed by atoms with Crippen LogP contribution in [0, 0.1) is 12.7 Å². The molecule has 0 radical (unpaired) electrons. The number of nitrogens with zero attached hydrogens (tertiary/aromatic N) is 2. The van der Waals surface area contributed by atoms with Gasteiger partial charge in [-0.15, -0.1) is 0 Å². The Morgan fingerprint density at radius 2 is 1.91 bits per heavy atom. The highest BCUT2D eigenvalue weighted by Gasteiger charge is 2.20. The van der Waals surface area contributed by atoms with Crippen molar-refractivity contribution in [3.8, 4) is 22.4 Å². The fraction of sp³-hybridized carbons (Fsp3) is 0.167. The van der Waals surface area contributed by atoms with E-state index in [9.17, 15) is 14.0 Å². The third-order valence-corrected chi connectivity index (χ3v) is 5.13. The summed E-state index contributed by atoms with van der Waals surface area (Å²) in [5, 5.41) is 5.41. The summed E-state index contributed by atoms with van der Waals surface area (Å²) in [5.41, 5.74) is 4.78. The maximum absolute atomic E-state index is 13.7. The lowest BCUT2D eigenvalue weighted by Crippen LogP contribution is -2.38. The average Bonchev–Trinajstić information content (AvgIpc) is 3.22. The summed E-state index contributed by atoms with van der Waals surface area (Å²) in [6, 6.07) is 12.7. The maximum Gasteiger partial charge on any atom is 0.350 e. The molecule has 2 amide bonds. The summed E-state index contributed by atoms with van der Waals surface area (Å²) in [5.74, 6) is -0.279. The Balaban J connectivity index is 1.63. The maximum atomic E-state index is 13.7. The molecule has 3 heterocycles. The Bertz CT molecular complexity index is 1310. The van der Waals surface area contributed by atoms with Gasteiger partial charge in [-0.05, 0) is 54.4 Å². The summed E-state index contributed by atoms with van der Waals surface area (Å²) in [4.78, 5) is 31.0. The smallest absolute Gasteiger partial charge is 0.350 e. The second-order valence-corrected chi connectivity index (χ2v) is 7.45. The molecule has 4 rings (SSSR count). The third kappa shape index (κ3) is 4.34. The second kappa shape index (κ2) is 8.97. The number of fused-ring (bicyclic) bond motifs is 1. The summed E-state index contributed by atoms with van der Waals surface area (Å²) < 4.78 is 15.5. The number of aromatic amines is 1.